The molecule has 0 N–H and O–H groups in total. The van der Waals surface area contributed by atoms with E-state index in [1.54, 1.807) is 27.7 Å². The normalized spacial score (nSPS) is 12.8. The fraction of sp³-hybridized carbons (Fsp3) is 0.636. The highest BCUT2D eigenvalue weighted by Gasteiger charge is 2.20. The van der Waals surface area contributed by atoms with Gasteiger partial charge < -0.3 is 9.47 Å². The molecule has 5 heteroatoms. The van der Waals surface area contributed by atoms with Crippen LogP contribution in [-0.4, -0.2) is 29.0 Å². The quantitative estimate of drug-likeness (QED) is 0.453. The highest BCUT2D eigenvalue weighted by Crippen LogP contribution is 2.10. The second kappa shape index (κ2) is 6.03. The van der Waals surface area contributed by atoms with Crippen molar-refractivity contribution < 1.29 is 19.1 Å². The fourth-order valence-corrected chi connectivity index (χ4v) is 0.814. The number of ether oxygens (including phenoxy) is 2. The number of carbonyl (C=O) groups excluding carboxylic acids is 2. The molecule has 0 saturated carbocycles. The van der Waals surface area contributed by atoms with Gasteiger partial charge in [-0.15, -0.1) is 0 Å². The predicted octanol–water partition coefficient (Wildman–Crippen LogP) is 2.21. The smallest absolute Gasteiger partial charge is 0.337 e. The van der Waals surface area contributed by atoms with E-state index in [2.05, 4.69) is 22.5 Å². The lowest BCUT2D eigenvalue weighted by atomic mass is 10.2. The van der Waals surface area contributed by atoms with Crippen molar-refractivity contribution in [2.75, 3.05) is 6.61 Å². The van der Waals surface area contributed by atoms with Gasteiger partial charge >= 0.3 is 11.9 Å². The van der Waals surface area contributed by atoms with E-state index < -0.39 is 22.4 Å². The number of halogens is 1. The van der Waals surface area contributed by atoms with Crippen molar-refractivity contribution in [1.29, 1.82) is 0 Å². The molecule has 0 aromatic rings. The molecule has 0 bridgehead atoms. The molecule has 0 aliphatic rings. The molecule has 0 fully saturated rings. The van der Waals surface area contributed by atoms with Crippen LogP contribution in [0.2, 0.25) is 0 Å². The summed E-state index contributed by atoms with van der Waals surface area (Å²) in [6.07, 6.45) is 0. The van der Waals surface area contributed by atoms with Crippen LogP contribution in [0.1, 0.15) is 27.7 Å². The molecular formula is C11H17BrO4. The minimum atomic E-state index is -0.577. The number of carbonyl (C=O) groups is 2. The Morgan fingerprint density at radius 2 is 1.88 bits per heavy atom. The molecule has 1 atom stereocenters. The lowest BCUT2D eigenvalue weighted by Crippen LogP contribution is -2.26. The van der Waals surface area contributed by atoms with Crippen molar-refractivity contribution in [2.45, 2.75) is 38.1 Å². The Kier molecular flexibility index (Phi) is 5.72. The van der Waals surface area contributed by atoms with E-state index in [9.17, 15) is 9.59 Å². The van der Waals surface area contributed by atoms with E-state index in [1.807, 2.05) is 0 Å². The van der Waals surface area contributed by atoms with Crippen molar-refractivity contribution in [1.82, 2.24) is 0 Å². The molecule has 0 heterocycles. The summed E-state index contributed by atoms with van der Waals surface area (Å²) in [5.41, 5.74) is -0.455. The van der Waals surface area contributed by atoms with Gasteiger partial charge in [-0.2, -0.15) is 0 Å². The third-order valence-corrected chi connectivity index (χ3v) is 1.77. The Morgan fingerprint density at radius 1 is 1.38 bits per heavy atom. The van der Waals surface area contributed by atoms with Crippen molar-refractivity contribution in [3.05, 3.63) is 12.2 Å². The average molecular weight is 293 g/mol. The van der Waals surface area contributed by atoms with Crippen LogP contribution in [0.3, 0.4) is 0 Å². The molecule has 0 rings (SSSR count). The predicted molar refractivity (Wildman–Crippen MR) is 64.3 cm³/mol. The standard InChI is InChI=1S/C11H17BrO4/c1-7(6-15-10(14)8(2)12)9(13)16-11(3,4)5/h8H,1,6H2,2-5H3. The summed E-state index contributed by atoms with van der Waals surface area (Å²) >= 11 is 3.06. The largest absolute Gasteiger partial charge is 0.460 e. The summed E-state index contributed by atoms with van der Waals surface area (Å²) in [4.78, 5) is 22.1. The van der Waals surface area contributed by atoms with Crippen LogP contribution in [0.25, 0.3) is 0 Å². The van der Waals surface area contributed by atoms with Crippen LogP contribution in [0.15, 0.2) is 12.2 Å². The maximum atomic E-state index is 11.4. The van der Waals surface area contributed by atoms with Gasteiger partial charge in [0.25, 0.3) is 0 Å². The summed E-state index contributed by atoms with van der Waals surface area (Å²) in [5, 5.41) is 0. The van der Waals surface area contributed by atoms with Gasteiger partial charge in [-0.25, -0.2) is 4.79 Å². The number of esters is 2. The minimum absolute atomic E-state index is 0.122. The topological polar surface area (TPSA) is 52.6 Å². The van der Waals surface area contributed by atoms with E-state index in [1.165, 1.54) is 0 Å². The molecule has 16 heavy (non-hydrogen) atoms. The molecule has 0 aromatic heterocycles. The Balaban J connectivity index is 4.08. The highest BCUT2D eigenvalue weighted by molar-refractivity contribution is 9.10. The molecule has 0 aliphatic carbocycles. The van der Waals surface area contributed by atoms with Gasteiger partial charge in [0.2, 0.25) is 0 Å². The van der Waals surface area contributed by atoms with Crippen LogP contribution in [0, 0.1) is 0 Å². The van der Waals surface area contributed by atoms with E-state index in [4.69, 9.17) is 9.47 Å². The molecule has 0 radical (unpaired) electrons. The second-order valence-electron chi connectivity index (χ2n) is 4.33. The minimum Gasteiger partial charge on any atom is -0.460 e. The van der Waals surface area contributed by atoms with E-state index >= 15 is 0 Å². The van der Waals surface area contributed by atoms with Crippen molar-refractivity contribution in [2.24, 2.45) is 0 Å². The van der Waals surface area contributed by atoms with Gasteiger partial charge in [-0.1, -0.05) is 22.5 Å². The first-order chi connectivity index (χ1) is 7.13. The van der Waals surface area contributed by atoms with Gasteiger partial charge in [0.1, 0.15) is 17.0 Å². The second-order valence-corrected chi connectivity index (χ2v) is 5.70. The molecule has 0 amide bonds. The van der Waals surface area contributed by atoms with Gasteiger partial charge in [-0.3, -0.25) is 4.79 Å². The van der Waals surface area contributed by atoms with Crippen LogP contribution >= 0.6 is 15.9 Å². The zero-order chi connectivity index (χ0) is 12.9. The Bertz CT molecular complexity index is 289. The van der Waals surface area contributed by atoms with Crippen LogP contribution in [0.5, 0.6) is 0 Å². The number of rotatable bonds is 4. The Hall–Kier alpha value is -0.840. The van der Waals surface area contributed by atoms with E-state index in [0.717, 1.165) is 0 Å². The molecule has 1 unspecified atom stereocenters. The summed E-state index contributed by atoms with van der Waals surface area (Å²) in [6, 6.07) is 0. The van der Waals surface area contributed by atoms with Crippen molar-refractivity contribution in [3.8, 4) is 0 Å². The van der Waals surface area contributed by atoms with Crippen molar-refractivity contribution >= 4 is 27.9 Å². The Morgan fingerprint density at radius 3 is 2.25 bits per heavy atom. The molecule has 0 saturated heterocycles. The number of hydrogen-bond donors (Lipinski definition) is 0. The molecular weight excluding hydrogens is 276 g/mol. The maximum Gasteiger partial charge on any atom is 0.337 e. The lowest BCUT2D eigenvalue weighted by molar-refractivity contribution is -0.151. The number of alkyl halides is 1. The fourth-order valence-electron chi connectivity index (χ4n) is 0.682. The molecule has 0 aliphatic heterocycles. The third-order valence-electron chi connectivity index (χ3n) is 1.40. The first-order valence-corrected chi connectivity index (χ1v) is 5.77. The first-order valence-electron chi connectivity index (χ1n) is 4.85. The van der Waals surface area contributed by atoms with Gasteiger partial charge in [-0.05, 0) is 27.7 Å². The molecule has 92 valence electrons. The van der Waals surface area contributed by atoms with Crippen LogP contribution < -0.4 is 0 Å². The maximum absolute atomic E-state index is 11.4. The molecule has 0 aromatic carbocycles. The monoisotopic (exact) mass is 292 g/mol. The zero-order valence-corrected chi connectivity index (χ0v) is 11.6. The summed E-state index contributed by atoms with van der Waals surface area (Å²) in [6.45, 7) is 10.3. The highest BCUT2D eigenvalue weighted by atomic mass is 79.9. The Labute approximate surface area is 104 Å². The molecule has 4 nitrogen and oxygen atoms in total. The van der Waals surface area contributed by atoms with Gasteiger partial charge in [0.05, 0.1) is 5.57 Å². The summed E-state index contributed by atoms with van der Waals surface area (Å²) in [7, 11) is 0. The summed E-state index contributed by atoms with van der Waals surface area (Å²) < 4.78 is 9.87. The summed E-state index contributed by atoms with van der Waals surface area (Å²) in [5.74, 6) is -0.993. The average Bonchev–Trinajstić information content (AvgIpc) is 2.10. The zero-order valence-electron chi connectivity index (χ0n) is 10.0. The van der Waals surface area contributed by atoms with Gasteiger partial charge in [0.15, 0.2) is 0 Å². The van der Waals surface area contributed by atoms with Crippen LogP contribution in [-0.2, 0) is 19.1 Å². The van der Waals surface area contributed by atoms with Crippen LogP contribution in [0.4, 0.5) is 0 Å². The first kappa shape index (κ1) is 15.2. The lowest BCUT2D eigenvalue weighted by Gasteiger charge is -2.20. The SMILES string of the molecule is C=C(COC(=O)C(C)Br)C(=O)OC(C)(C)C. The third kappa shape index (κ3) is 6.61. The van der Waals surface area contributed by atoms with E-state index in [0.29, 0.717) is 0 Å². The number of hydrogen-bond acceptors (Lipinski definition) is 4. The van der Waals surface area contributed by atoms with Crippen molar-refractivity contribution in [3.63, 3.8) is 0 Å². The van der Waals surface area contributed by atoms with E-state index in [-0.39, 0.29) is 12.2 Å². The molecule has 0 spiro atoms. The van der Waals surface area contributed by atoms with Gasteiger partial charge in [0, 0.05) is 0 Å².